The Bertz CT molecular complexity index is 1020. The van der Waals surface area contributed by atoms with E-state index in [0.29, 0.717) is 57.0 Å². The van der Waals surface area contributed by atoms with E-state index in [1.807, 2.05) is 42.2 Å². The quantitative estimate of drug-likeness (QED) is 0.621. The number of morpholine rings is 1. The highest BCUT2D eigenvalue weighted by molar-refractivity contribution is 6.02. The minimum atomic E-state index is -0.371. The second-order valence-corrected chi connectivity index (χ2v) is 7.03. The maximum absolute atomic E-state index is 12.9. The summed E-state index contributed by atoms with van der Waals surface area (Å²) in [5.41, 5.74) is 1.95. The topological polar surface area (TPSA) is 102 Å². The molecule has 9 nitrogen and oxygen atoms in total. The smallest absolute Gasteiger partial charge is 0.275 e. The molecule has 0 bridgehead atoms. The van der Waals surface area contributed by atoms with Gasteiger partial charge >= 0.3 is 0 Å². The fourth-order valence-electron chi connectivity index (χ4n) is 3.11. The molecule has 1 amide bonds. The molecule has 1 aliphatic rings. The van der Waals surface area contributed by atoms with Crippen molar-refractivity contribution in [3.05, 3.63) is 65.7 Å². The van der Waals surface area contributed by atoms with Gasteiger partial charge in [0.05, 0.1) is 19.8 Å². The fraction of sp³-hybridized carbons (Fsp3) is 0.318. The van der Waals surface area contributed by atoms with Gasteiger partial charge in [-0.3, -0.25) is 9.78 Å². The first-order valence-electron chi connectivity index (χ1n) is 10.2. The van der Waals surface area contributed by atoms with Gasteiger partial charge < -0.3 is 19.7 Å². The Balaban J connectivity index is 1.52. The third kappa shape index (κ3) is 5.73. The average molecular weight is 420 g/mol. The first-order valence-corrected chi connectivity index (χ1v) is 10.2. The molecular formula is C22H24N6O3. The van der Waals surface area contributed by atoms with Crippen LogP contribution in [0.5, 0.6) is 5.88 Å². The number of carbonyl (C=O) groups excluding carboxylic acids is 1. The molecule has 0 unspecified atom stereocenters. The molecule has 0 saturated carbocycles. The van der Waals surface area contributed by atoms with Crippen LogP contribution in [0.15, 0.2) is 48.7 Å². The van der Waals surface area contributed by atoms with E-state index in [0.717, 1.165) is 11.4 Å². The Morgan fingerprint density at radius 2 is 2.00 bits per heavy atom. The van der Waals surface area contributed by atoms with Gasteiger partial charge in [-0.2, -0.15) is 4.98 Å². The SMILES string of the molecule is Cc1cccc(NC(=O)c2cc(OCCc3ccccn3)nc(N3CCOCC3)n2)n1. The van der Waals surface area contributed by atoms with Crippen molar-refractivity contribution in [1.82, 2.24) is 19.9 Å². The van der Waals surface area contributed by atoms with E-state index in [1.165, 1.54) is 0 Å². The Labute approximate surface area is 180 Å². The number of pyridine rings is 2. The molecule has 4 heterocycles. The van der Waals surface area contributed by atoms with Crippen molar-refractivity contribution in [2.45, 2.75) is 13.3 Å². The normalized spacial score (nSPS) is 13.6. The van der Waals surface area contributed by atoms with Crippen molar-refractivity contribution < 1.29 is 14.3 Å². The van der Waals surface area contributed by atoms with E-state index in [2.05, 4.69) is 25.3 Å². The number of ether oxygens (including phenoxy) is 2. The van der Waals surface area contributed by atoms with Gasteiger partial charge in [-0.05, 0) is 31.2 Å². The number of aromatic nitrogens is 4. The van der Waals surface area contributed by atoms with Gasteiger partial charge in [0.1, 0.15) is 11.5 Å². The number of rotatable bonds is 7. The van der Waals surface area contributed by atoms with Gasteiger partial charge in [-0.15, -0.1) is 0 Å². The molecule has 160 valence electrons. The number of nitrogens with one attached hydrogen (secondary N) is 1. The number of aryl methyl sites for hydroxylation is 1. The van der Waals surface area contributed by atoms with E-state index >= 15 is 0 Å². The molecule has 3 aromatic rings. The molecule has 0 spiro atoms. The molecule has 1 N–H and O–H groups in total. The van der Waals surface area contributed by atoms with E-state index < -0.39 is 0 Å². The Kier molecular flexibility index (Phi) is 6.63. The van der Waals surface area contributed by atoms with Crippen LogP contribution in [-0.4, -0.2) is 58.8 Å². The number of hydrogen-bond acceptors (Lipinski definition) is 8. The first kappa shape index (κ1) is 20.7. The molecule has 0 aromatic carbocycles. The van der Waals surface area contributed by atoms with Gasteiger partial charge in [0, 0.05) is 43.2 Å². The van der Waals surface area contributed by atoms with Crippen LogP contribution >= 0.6 is 0 Å². The molecule has 1 fully saturated rings. The van der Waals surface area contributed by atoms with E-state index in [4.69, 9.17) is 9.47 Å². The maximum Gasteiger partial charge on any atom is 0.275 e. The summed E-state index contributed by atoms with van der Waals surface area (Å²) in [6.45, 7) is 4.73. The molecular weight excluding hydrogens is 396 g/mol. The number of amides is 1. The second kappa shape index (κ2) is 9.94. The average Bonchev–Trinajstić information content (AvgIpc) is 2.80. The third-order valence-corrected chi connectivity index (χ3v) is 4.68. The predicted molar refractivity (Wildman–Crippen MR) is 115 cm³/mol. The van der Waals surface area contributed by atoms with Crippen molar-refractivity contribution in [2.75, 3.05) is 43.1 Å². The van der Waals surface area contributed by atoms with Crippen molar-refractivity contribution in [3.63, 3.8) is 0 Å². The maximum atomic E-state index is 12.9. The van der Waals surface area contributed by atoms with Crippen molar-refractivity contribution in [1.29, 1.82) is 0 Å². The van der Waals surface area contributed by atoms with Crippen LogP contribution in [0.1, 0.15) is 21.9 Å². The van der Waals surface area contributed by atoms with Gasteiger partial charge in [0.25, 0.3) is 5.91 Å². The Morgan fingerprint density at radius 1 is 1.13 bits per heavy atom. The van der Waals surface area contributed by atoms with Crippen LogP contribution in [0.2, 0.25) is 0 Å². The third-order valence-electron chi connectivity index (χ3n) is 4.68. The standard InChI is InChI=1S/C22H24N6O3/c1-16-5-4-7-19(24-16)26-21(29)18-15-20(31-12-8-17-6-2-3-9-23-17)27-22(25-18)28-10-13-30-14-11-28/h2-7,9,15H,8,10-14H2,1H3,(H,24,26,29). The number of anilines is 2. The lowest BCUT2D eigenvalue weighted by atomic mass is 10.3. The monoisotopic (exact) mass is 420 g/mol. The molecule has 0 aliphatic carbocycles. The number of nitrogens with zero attached hydrogens (tertiary/aromatic N) is 5. The second-order valence-electron chi connectivity index (χ2n) is 7.03. The molecule has 1 aliphatic heterocycles. The summed E-state index contributed by atoms with van der Waals surface area (Å²) < 4.78 is 11.3. The molecule has 9 heteroatoms. The summed E-state index contributed by atoms with van der Waals surface area (Å²) in [5.74, 6) is 0.884. The van der Waals surface area contributed by atoms with Crippen LogP contribution in [0.4, 0.5) is 11.8 Å². The van der Waals surface area contributed by atoms with E-state index in [-0.39, 0.29) is 11.6 Å². The summed E-state index contributed by atoms with van der Waals surface area (Å²) >= 11 is 0. The molecule has 3 aromatic heterocycles. The summed E-state index contributed by atoms with van der Waals surface area (Å²) in [7, 11) is 0. The lowest BCUT2D eigenvalue weighted by Crippen LogP contribution is -2.37. The van der Waals surface area contributed by atoms with E-state index in [1.54, 1.807) is 18.3 Å². The highest BCUT2D eigenvalue weighted by Gasteiger charge is 2.19. The molecule has 1 saturated heterocycles. The van der Waals surface area contributed by atoms with Crippen molar-refractivity contribution in [2.24, 2.45) is 0 Å². The highest BCUT2D eigenvalue weighted by Crippen LogP contribution is 2.18. The van der Waals surface area contributed by atoms with Gasteiger partial charge in [0.2, 0.25) is 11.8 Å². The van der Waals surface area contributed by atoms with Crippen LogP contribution < -0.4 is 15.0 Å². The molecule has 4 rings (SSSR count). The minimum Gasteiger partial charge on any atom is -0.477 e. The molecule has 0 radical (unpaired) electrons. The predicted octanol–water partition coefficient (Wildman–Crippen LogP) is 2.29. The lowest BCUT2D eigenvalue weighted by molar-refractivity contribution is 0.102. The number of carbonyl (C=O) groups is 1. The zero-order valence-corrected chi connectivity index (χ0v) is 17.3. The zero-order valence-electron chi connectivity index (χ0n) is 17.3. The fourth-order valence-corrected chi connectivity index (χ4v) is 3.11. The van der Waals surface area contributed by atoms with Crippen molar-refractivity contribution >= 4 is 17.7 Å². The van der Waals surface area contributed by atoms with Gasteiger partial charge in [0.15, 0.2) is 0 Å². The van der Waals surface area contributed by atoms with Crippen LogP contribution in [0.25, 0.3) is 0 Å². The molecule has 0 atom stereocenters. The Morgan fingerprint density at radius 3 is 2.77 bits per heavy atom. The van der Waals surface area contributed by atoms with Crippen LogP contribution in [0.3, 0.4) is 0 Å². The van der Waals surface area contributed by atoms with Crippen LogP contribution in [-0.2, 0) is 11.2 Å². The number of hydrogen-bond donors (Lipinski definition) is 1. The Hall–Kier alpha value is -3.59. The minimum absolute atomic E-state index is 0.215. The first-order chi connectivity index (χ1) is 15.2. The van der Waals surface area contributed by atoms with Gasteiger partial charge in [-0.1, -0.05) is 12.1 Å². The lowest BCUT2D eigenvalue weighted by Gasteiger charge is -2.27. The van der Waals surface area contributed by atoms with E-state index in [9.17, 15) is 4.79 Å². The summed E-state index contributed by atoms with van der Waals surface area (Å²) in [6.07, 6.45) is 2.38. The zero-order chi connectivity index (χ0) is 21.5. The van der Waals surface area contributed by atoms with Crippen LogP contribution in [0, 0.1) is 6.92 Å². The summed E-state index contributed by atoms with van der Waals surface area (Å²) in [5, 5.41) is 2.79. The summed E-state index contributed by atoms with van der Waals surface area (Å²) in [6, 6.07) is 12.7. The largest absolute Gasteiger partial charge is 0.477 e. The highest BCUT2D eigenvalue weighted by atomic mass is 16.5. The summed E-state index contributed by atoms with van der Waals surface area (Å²) in [4.78, 5) is 32.4. The van der Waals surface area contributed by atoms with Crippen molar-refractivity contribution in [3.8, 4) is 5.88 Å². The molecule has 31 heavy (non-hydrogen) atoms. The van der Waals surface area contributed by atoms with Gasteiger partial charge in [-0.25, -0.2) is 9.97 Å².